The van der Waals surface area contributed by atoms with Crippen molar-refractivity contribution in [1.29, 1.82) is 0 Å². The Morgan fingerprint density at radius 1 is 1.12 bits per heavy atom. The van der Waals surface area contributed by atoms with Crippen molar-refractivity contribution in [1.82, 2.24) is 10.3 Å². The van der Waals surface area contributed by atoms with E-state index >= 15 is 0 Å². The molecule has 2 heterocycles. The van der Waals surface area contributed by atoms with Gasteiger partial charge in [0.05, 0.1) is 10.5 Å². The molecule has 4 rings (SSSR count). The summed E-state index contributed by atoms with van der Waals surface area (Å²) >= 11 is 1.05. The van der Waals surface area contributed by atoms with Gasteiger partial charge in [0, 0.05) is 47.8 Å². The lowest BCUT2D eigenvalue weighted by Crippen LogP contribution is -2.24. The van der Waals surface area contributed by atoms with Crippen LogP contribution in [0.1, 0.15) is 28.8 Å². The summed E-state index contributed by atoms with van der Waals surface area (Å²) in [5, 5.41) is 14.0. The highest BCUT2D eigenvalue weighted by Gasteiger charge is 2.19. The minimum atomic E-state index is -0.560. The number of nitro benzene ring substituents is 1. The fraction of sp³-hybridized carbons (Fsp3) is 0.217. The zero-order chi connectivity index (χ0) is 22.5. The lowest BCUT2D eigenvalue weighted by atomic mass is 10.2. The largest absolute Gasteiger partial charge is 0.357 e. The third-order valence-corrected chi connectivity index (χ3v) is 6.29. The third kappa shape index (κ3) is 5.05. The molecule has 1 aliphatic heterocycles. The van der Waals surface area contributed by atoms with Gasteiger partial charge in [0.25, 0.3) is 11.6 Å². The van der Waals surface area contributed by atoms with Crippen molar-refractivity contribution >= 4 is 29.2 Å². The van der Waals surface area contributed by atoms with E-state index in [9.17, 15) is 19.3 Å². The molecule has 7 nitrogen and oxygen atoms in total. The number of carbonyl (C=O) groups is 1. The maximum atomic E-state index is 14.1. The highest BCUT2D eigenvalue weighted by Crippen LogP contribution is 2.34. The number of nitro groups is 1. The van der Waals surface area contributed by atoms with Crippen molar-refractivity contribution in [3.05, 3.63) is 87.9 Å². The molecule has 1 saturated heterocycles. The van der Waals surface area contributed by atoms with E-state index in [2.05, 4.69) is 15.2 Å². The van der Waals surface area contributed by atoms with E-state index in [1.165, 1.54) is 24.3 Å². The van der Waals surface area contributed by atoms with E-state index in [1.807, 2.05) is 12.1 Å². The second-order valence-corrected chi connectivity index (χ2v) is 8.46. The summed E-state index contributed by atoms with van der Waals surface area (Å²) in [5.41, 5.74) is 0.730. The van der Waals surface area contributed by atoms with Crippen LogP contribution < -0.4 is 10.2 Å². The molecule has 1 fully saturated rings. The van der Waals surface area contributed by atoms with E-state index in [1.54, 1.807) is 24.4 Å². The van der Waals surface area contributed by atoms with Crippen molar-refractivity contribution in [2.24, 2.45) is 0 Å². The Bertz CT molecular complexity index is 1130. The average molecular weight is 453 g/mol. The van der Waals surface area contributed by atoms with Crippen LogP contribution >= 0.6 is 11.8 Å². The fourth-order valence-corrected chi connectivity index (χ4v) is 4.42. The standard InChI is InChI=1S/C23H21FN4O3S/c24-19-5-1-2-6-21(19)32-20-9-8-17(28(30)31)13-18(20)23(29)26-15-16-7-10-22(25-14-16)27-11-3-4-12-27/h1-2,5-10,13-14H,3-4,11-12,15H2,(H,26,29). The topological polar surface area (TPSA) is 88.4 Å². The molecule has 2 aromatic carbocycles. The number of hydrogen-bond acceptors (Lipinski definition) is 6. The van der Waals surface area contributed by atoms with Gasteiger partial charge in [-0.2, -0.15) is 0 Å². The van der Waals surface area contributed by atoms with Gasteiger partial charge in [-0.15, -0.1) is 0 Å². The maximum Gasteiger partial charge on any atom is 0.270 e. The van der Waals surface area contributed by atoms with Crippen molar-refractivity contribution in [3.8, 4) is 0 Å². The number of nitrogens with zero attached hydrogens (tertiary/aromatic N) is 3. The van der Waals surface area contributed by atoms with E-state index in [0.29, 0.717) is 9.79 Å². The molecule has 9 heteroatoms. The highest BCUT2D eigenvalue weighted by molar-refractivity contribution is 7.99. The van der Waals surface area contributed by atoms with Gasteiger partial charge in [-0.25, -0.2) is 9.37 Å². The van der Waals surface area contributed by atoms with Crippen LogP contribution in [0.2, 0.25) is 0 Å². The van der Waals surface area contributed by atoms with Gasteiger partial charge in [0.2, 0.25) is 0 Å². The lowest BCUT2D eigenvalue weighted by molar-refractivity contribution is -0.384. The number of pyridine rings is 1. The first kappa shape index (κ1) is 21.8. The number of amides is 1. The molecule has 1 amide bonds. The number of aromatic nitrogens is 1. The SMILES string of the molecule is O=C(NCc1ccc(N2CCCC2)nc1)c1cc([N+](=O)[O-])ccc1Sc1ccccc1F. The summed E-state index contributed by atoms with van der Waals surface area (Å²) in [4.78, 5) is 31.0. The van der Waals surface area contributed by atoms with Crippen molar-refractivity contribution in [2.75, 3.05) is 18.0 Å². The number of halogens is 1. The summed E-state index contributed by atoms with van der Waals surface area (Å²) in [5.74, 6) is 0.0161. The molecule has 0 unspecified atom stereocenters. The van der Waals surface area contributed by atoms with Crippen molar-refractivity contribution in [2.45, 2.75) is 29.2 Å². The van der Waals surface area contributed by atoms with Crippen LogP contribution in [0.25, 0.3) is 0 Å². The molecule has 0 saturated carbocycles. The summed E-state index contributed by atoms with van der Waals surface area (Å²) in [6, 6.07) is 14.0. The van der Waals surface area contributed by atoms with Crippen LogP contribution in [0.15, 0.2) is 70.6 Å². The second-order valence-electron chi connectivity index (χ2n) is 7.37. The number of carbonyl (C=O) groups excluding carboxylic acids is 1. The Morgan fingerprint density at radius 3 is 2.59 bits per heavy atom. The van der Waals surface area contributed by atoms with Crippen LogP contribution in [0.3, 0.4) is 0 Å². The van der Waals surface area contributed by atoms with Crippen molar-refractivity contribution in [3.63, 3.8) is 0 Å². The molecule has 0 aliphatic carbocycles. The van der Waals surface area contributed by atoms with E-state index in [0.717, 1.165) is 49.1 Å². The monoisotopic (exact) mass is 452 g/mol. The van der Waals surface area contributed by atoms with Gasteiger partial charge in [-0.1, -0.05) is 30.0 Å². The Hall–Kier alpha value is -3.46. The number of nitrogens with one attached hydrogen (secondary N) is 1. The Kier molecular flexibility index (Phi) is 6.65. The van der Waals surface area contributed by atoms with E-state index < -0.39 is 16.6 Å². The minimum absolute atomic E-state index is 0.120. The predicted molar refractivity (Wildman–Crippen MR) is 120 cm³/mol. The second kappa shape index (κ2) is 9.78. The number of anilines is 1. The maximum absolute atomic E-state index is 14.1. The molecule has 3 aromatic rings. The molecule has 0 spiro atoms. The van der Waals surface area contributed by atoms with Crippen LogP contribution in [0.4, 0.5) is 15.9 Å². The fourth-order valence-electron chi connectivity index (χ4n) is 3.48. The Balaban J connectivity index is 1.50. The average Bonchev–Trinajstić information content (AvgIpc) is 3.34. The van der Waals surface area contributed by atoms with Gasteiger partial charge < -0.3 is 10.2 Å². The van der Waals surface area contributed by atoms with Crippen LogP contribution in [-0.4, -0.2) is 28.9 Å². The van der Waals surface area contributed by atoms with Crippen molar-refractivity contribution < 1.29 is 14.1 Å². The van der Waals surface area contributed by atoms with Crippen LogP contribution in [-0.2, 0) is 6.54 Å². The van der Waals surface area contributed by atoms with Crippen LogP contribution in [0.5, 0.6) is 0 Å². The quantitative estimate of drug-likeness (QED) is 0.409. The van der Waals surface area contributed by atoms with Gasteiger partial charge in [-0.05, 0) is 42.7 Å². The van der Waals surface area contributed by atoms with E-state index in [-0.39, 0.29) is 17.8 Å². The summed E-state index contributed by atoms with van der Waals surface area (Å²) in [6.07, 6.45) is 4.04. The number of rotatable bonds is 7. The predicted octanol–water partition coefficient (Wildman–Crippen LogP) is 4.81. The van der Waals surface area contributed by atoms with Gasteiger partial charge in [-0.3, -0.25) is 14.9 Å². The Morgan fingerprint density at radius 2 is 1.91 bits per heavy atom. The first-order valence-electron chi connectivity index (χ1n) is 10.2. The molecule has 1 aromatic heterocycles. The molecular weight excluding hydrogens is 431 g/mol. The number of hydrogen-bond donors (Lipinski definition) is 1. The Labute approximate surface area is 188 Å². The molecule has 0 radical (unpaired) electrons. The smallest absolute Gasteiger partial charge is 0.270 e. The zero-order valence-corrected chi connectivity index (χ0v) is 18.0. The van der Waals surface area contributed by atoms with Crippen LogP contribution in [0, 0.1) is 15.9 Å². The van der Waals surface area contributed by atoms with Gasteiger partial charge in [0.15, 0.2) is 0 Å². The minimum Gasteiger partial charge on any atom is -0.357 e. The molecule has 32 heavy (non-hydrogen) atoms. The van der Waals surface area contributed by atoms with Gasteiger partial charge >= 0.3 is 0 Å². The lowest BCUT2D eigenvalue weighted by Gasteiger charge is -2.16. The first-order valence-corrected chi connectivity index (χ1v) is 11.0. The zero-order valence-electron chi connectivity index (χ0n) is 17.2. The summed E-state index contributed by atoms with van der Waals surface area (Å²) in [7, 11) is 0. The normalized spacial score (nSPS) is 13.2. The first-order chi connectivity index (χ1) is 15.5. The summed E-state index contributed by atoms with van der Waals surface area (Å²) < 4.78 is 14.1. The van der Waals surface area contributed by atoms with Gasteiger partial charge in [0.1, 0.15) is 11.6 Å². The molecule has 0 atom stereocenters. The number of non-ortho nitro benzene ring substituents is 1. The third-order valence-electron chi connectivity index (χ3n) is 5.17. The van der Waals surface area contributed by atoms with E-state index in [4.69, 9.17) is 0 Å². The summed E-state index contributed by atoms with van der Waals surface area (Å²) in [6.45, 7) is 2.22. The molecule has 0 bridgehead atoms. The molecular formula is C23H21FN4O3S. The molecule has 1 N–H and O–H groups in total. The molecule has 164 valence electrons. The molecule has 1 aliphatic rings. The highest BCUT2D eigenvalue weighted by atomic mass is 32.2. The number of benzene rings is 2.